The first-order valence-electron chi connectivity index (χ1n) is 8.46. The standard InChI is InChI=1S/C17H25N3O2S.ClH/c1-17(2)9-12-15(13(21)10-17)23-16(19-12)20-14(22)4-3-11-5-7-18-8-6-11;/h11,18H,3-10H2,1-2H3,(H,19,20,22);1H. The largest absolute Gasteiger partial charge is 0.317 e. The molecule has 1 saturated heterocycles. The molecule has 1 aromatic rings. The Hall–Kier alpha value is -0.980. The van der Waals surface area contributed by atoms with Crippen molar-refractivity contribution in [3.8, 4) is 0 Å². The van der Waals surface area contributed by atoms with Crippen LogP contribution < -0.4 is 10.6 Å². The van der Waals surface area contributed by atoms with Crippen LogP contribution in [0.4, 0.5) is 5.13 Å². The zero-order chi connectivity index (χ0) is 16.4. The molecule has 3 rings (SSSR count). The number of anilines is 1. The molecule has 0 bridgehead atoms. The van der Waals surface area contributed by atoms with E-state index in [1.807, 2.05) is 0 Å². The third kappa shape index (κ3) is 4.77. The molecule has 24 heavy (non-hydrogen) atoms. The maximum Gasteiger partial charge on any atom is 0.226 e. The molecule has 0 saturated carbocycles. The van der Waals surface area contributed by atoms with E-state index in [4.69, 9.17) is 0 Å². The van der Waals surface area contributed by atoms with Gasteiger partial charge < -0.3 is 10.6 Å². The van der Waals surface area contributed by atoms with E-state index in [-0.39, 0.29) is 29.5 Å². The maximum absolute atomic E-state index is 12.2. The lowest BCUT2D eigenvalue weighted by atomic mass is 9.78. The Labute approximate surface area is 153 Å². The summed E-state index contributed by atoms with van der Waals surface area (Å²) in [6, 6.07) is 0. The van der Waals surface area contributed by atoms with Crippen molar-refractivity contribution in [2.45, 2.75) is 52.4 Å². The van der Waals surface area contributed by atoms with E-state index >= 15 is 0 Å². The van der Waals surface area contributed by atoms with Crippen LogP contribution in [0.25, 0.3) is 0 Å². The zero-order valence-corrected chi connectivity index (χ0v) is 15.9. The van der Waals surface area contributed by atoms with Crippen LogP contribution in [0.15, 0.2) is 0 Å². The molecule has 2 N–H and O–H groups in total. The summed E-state index contributed by atoms with van der Waals surface area (Å²) < 4.78 is 0. The number of nitrogens with one attached hydrogen (secondary N) is 2. The lowest BCUT2D eigenvalue weighted by molar-refractivity contribution is -0.116. The molecule has 1 aromatic heterocycles. The normalized spacial score (nSPS) is 20.2. The van der Waals surface area contributed by atoms with E-state index in [2.05, 4.69) is 29.5 Å². The summed E-state index contributed by atoms with van der Waals surface area (Å²) in [7, 11) is 0. The van der Waals surface area contributed by atoms with Gasteiger partial charge in [0.25, 0.3) is 0 Å². The molecule has 134 valence electrons. The number of hydrogen-bond acceptors (Lipinski definition) is 5. The van der Waals surface area contributed by atoms with Gasteiger partial charge >= 0.3 is 0 Å². The molecule has 1 aliphatic heterocycles. The highest BCUT2D eigenvalue weighted by Crippen LogP contribution is 2.38. The average Bonchev–Trinajstić information content (AvgIpc) is 2.87. The zero-order valence-electron chi connectivity index (χ0n) is 14.3. The molecular weight excluding hydrogens is 346 g/mol. The summed E-state index contributed by atoms with van der Waals surface area (Å²) >= 11 is 1.33. The number of rotatable bonds is 4. The van der Waals surface area contributed by atoms with Crippen LogP contribution in [0.1, 0.15) is 61.3 Å². The predicted octanol–water partition coefficient (Wildman–Crippen LogP) is 3.44. The van der Waals surface area contributed by atoms with Crippen LogP contribution in [0.3, 0.4) is 0 Å². The number of aromatic nitrogens is 1. The summed E-state index contributed by atoms with van der Waals surface area (Å²) in [6.07, 6.45) is 5.14. The average molecular weight is 372 g/mol. The maximum atomic E-state index is 12.2. The van der Waals surface area contributed by atoms with Gasteiger partial charge in [0, 0.05) is 12.8 Å². The SMILES string of the molecule is CC1(C)CC(=O)c2sc(NC(=O)CCC3CCNCC3)nc2C1.Cl. The van der Waals surface area contributed by atoms with E-state index in [1.54, 1.807) is 0 Å². The Morgan fingerprint density at radius 3 is 2.75 bits per heavy atom. The number of thiazole rings is 1. The Kier molecular flexibility index (Phi) is 6.39. The molecule has 2 heterocycles. The van der Waals surface area contributed by atoms with Crippen molar-refractivity contribution in [3.05, 3.63) is 10.6 Å². The molecule has 0 unspecified atom stereocenters. The molecule has 0 atom stereocenters. The fourth-order valence-electron chi connectivity index (χ4n) is 3.46. The summed E-state index contributed by atoms with van der Waals surface area (Å²) in [6.45, 7) is 6.29. The molecule has 1 fully saturated rings. The first kappa shape index (κ1) is 19.3. The molecule has 0 radical (unpaired) electrons. The van der Waals surface area contributed by atoms with Gasteiger partial charge in [0.2, 0.25) is 5.91 Å². The highest BCUT2D eigenvalue weighted by molar-refractivity contribution is 7.17. The number of carbonyl (C=O) groups excluding carboxylic acids is 2. The van der Waals surface area contributed by atoms with E-state index in [0.29, 0.717) is 23.9 Å². The quantitative estimate of drug-likeness (QED) is 0.850. The van der Waals surface area contributed by atoms with Crippen molar-refractivity contribution < 1.29 is 9.59 Å². The van der Waals surface area contributed by atoms with Gasteiger partial charge in [-0.15, -0.1) is 12.4 Å². The number of fused-ring (bicyclic) bond motifs is 1. The van der Waals surface area contributed by atoms with Gasteiger partial charge in [-0.25, -0.2) is 4.98 Å². The van der Waals surface area contributed by atoms with Crippen molar-refractivity contribution in [1.82, 2.24) is 10.3 Å². The smallest absolute Gasteiger partial charge is 0.226 e. The third-order valence-corrected chi connectivity index (χ3v) is 5.77. The Balaban J connectivity index is 0.00000208. The lowest BCUT2D eigenvalue weighted by Gasteiger charge is -2.26. The van der Waals surface area contributed by atoms with Crippen molar-refractivity contribution in [2.75, 3.05) is 18.4 Å². The van der Waals surface area contributed by atoms with Crippen LogP contribution in [0, 0.1) is 11.3 Å². The number of ketones is 1. The number of amides is 1. The Bertz CT molecular complexity index is 609. The van der Waals surface area contributed by atoms with E-state index < -0.39 is 0 Å². The summed E-state index contributed by atoms with van der Waals surface area (Å²) in [5.41, 5.74) is 0.818. The van der Waals surface area contributed by atoms with Crippen molar-refractivity contribution in [1.29, 1.82) is 0 Å². The van der Waals surface area contributed by atoms with Crippen molar-refractivity contribution in [3.63, 3.8) is 0 Å². The van der Waals surface area contributed by atoms with Gasteiger partial charge in [0.15, 0.2) is 10.9 Å². The third-order valence-electron chi connectivity index (χ3n) is 4.72. The minimum Gasteiger partial charge on any atom is -0.317 e. The minimum atomic E-state index is -0.0333. The molecule has 1 aliphatic carbocycles. The second-order valence-electron chi connectivity index (χ2n) is 7.52. The first-order chi connectivity index (χ1) is 10.9. The highest BCUT2D eigenvalue weighted by atomic mass is 35.5. The van der Waals surface area contributed by atoms with Crippen LogP contribution in [-0.2, 0) is 11.2 Å². The number of hydrogen-bond donors (Lipinski definition) is 2. The fourth-order valence-corrected chi connectivity index (χ4v) is 4.40. The van der Waals surface area contributed by atoms with Gasteiger partial charge in [0.05, 0.1) is 10.6 Å². The number of Topliss-reactive ketones (excluding diaryl/α,β-unsaturated/α-hetero) is 1. The van der Waals surface area contributed by atoms with E-state index in [9.17, 15) is 9.59 Å². The van der Waals surface area contributed by atoms with Crippen LogP contribution in [0.5, 0.6) is 0 Å². The first-order valence-corrected chi connectivity index (χ1v) is 9.28. The lowest BCUT2D eigenvalue weighted by Crippen LogP contribution is -2.28. The molecular formula is C17H26ClN3O2S. The number of nitrogens with zero attached hydrogens (tertiary/aromatic N) is 1. The topological polar surface area (TPSA) is 71.1 Å². The van der Waals surface area contributed by atoms with Crippen LogP contribution >= 0.6 is 23.7 Å². The Morgan fingerprint density at radius 1 is 1.33 bits per heavy atom. The number of piperidine rings is 1. The number of halogens is 1. The van der Waals surface area contributed by atoms with Gasteiger partial charge in [-0.1, -0.05) is 25.2 Å². The molecule has 1 amide bonds. The Morgan fingerprint density at radius 2 is 2.04 bits per heavy atom. The fraction of sp³-hybridized carbons (Fsp3) is 0.706. The van der Waals surface area contributed by atoms with E-state index in [1.165, 1.54) is 11.3 Å². The minimum absolute atomic E-state index is 0. The molecule has 0 aromatic carbocycles. The molecule has 5 nitrogen and oxygen atoms in total. The van der Waals surface area contributed by atoms with Gasteiger partial charge in [-0.3, -0.25) is 9.59 Å². The summed E-state index contributed by atoms with van der Waals surface area (Å²) in [4.78, 5) is 29.5. The van der Waals surface area contributed by atoms with Gasteiger partial charge in [-0.2, -0.15) is 0 Å². The molecule has 2 aliphatic rings. The second kappa shape index (κ2) is 7.93. The van der Waals surface area contributed by atoms with Crippen LogP contribution in [-0.4, -0.2) is 29.8 Å². The highest BCUT2D eigenvalue weighted by Gasteiger charge is 2.34. The second-order valence-corrected chi connectivity index (χ2v) is 8.52. The van der Waals surface area contributed by atoms with Crippen molar-refractivity contribution >= 4 is 40.6 Å². The van der Waals surface area contributed by atoms with Crippen LogP contribution in [0.2, 0.25) is 0 Å². The molecule has 0 spiro atoms. The monoisotopic (exact) mass is 371 g/mol. The van der Waals surface area contributed by atoms with Gasteiger partial charge in [0.1, 0.15) is 0 Å². The molecule has 7 heteroatoms. The van der Waals surface area contributed by atoms with E-state index in [0.717, 1.165) is 49.3 Å². The van der Waals surface area contributed by atoms with Crippen molar-refractivity contribution in [2.24, 2.45) is 11.3 Å². The van der Waals surface area contributed by atoms with Gasteiger partial charge in [-0.05, 0) is 50.1 Å². The predicted molar refractivity (Wildman–Crippen MR) is 99.3 cm³/mol. The summed E-state index contributed by atoms with van der Waals surface area (Å²) in [5, 5.41) is 6.81. The summed E-state index contributed by atoms with van der Waals surface area (Å²) in [5.74, 6) is 0.819. The number of carbonyl (C=O) groups is 2.